The topological polar surface area (TPSA) is 97.5 Å². The minimum atomic E-state index is -1.09. The van der Waals surface area contributed by atoms with E-state index in [2.05, 4.69) is 10.3 Å². The van der Waals surface area contributed by atoms with Crippen molar-refractivity contribution in [3.63, 3.8) is 0 Å². The molecule has 0 radical (unpaired) electrons. The van der Waals surface area contributed by atoms with E-state index in [0.29, 0.717) is 30.9 Å². The van der Waals surface area contributed by atoms with E-state index in [1.807, 2.05) is 30.9 Å². The van der Waals surface area contributed by atoms with Crippen LogP contribution in [-0.4, -0.2) is 56.1 Å². The summed E-state index contributed by atoms with van der Waals surface area (Å²) in [6, 6.07) is 7.26. The van der Waals surface area contributed by atoms with Gasteiger partial charge in [0.25, 0.3) is 5.91 Å². The summed E-state index contributed by atoms with van der Waals surface area (Å²) in [5.74, 6) is -0.210. The fraction of sp³-hybridized carbons (Fsp3) is 0.474. The predicted octanol–water partition coefficient (Wildman–Crippen LogP) is 2.32. The number of aromatic nitrogens is 3. The Labute approximate surface area is 157 Å². The second-order valence-electron chi connectivity index (χ2n) is 7.08. The Kier molecular flexibility index (Phi) is 5.73. The van der Waals surface area contributed by atoms with Crippen LogP contribution in [0.15, 0.2) is 30.5 Å². The van der Waals surface area contributed by atoms with Crippen molar-refractivity contribution in [2.75, 3.05) is 13.1 Å². The van der Waals surface area contributed by atoms with Crippen LogP contribution >= 0.6 is 0 Å². The molecule has 1 N–H and O–H groups in total. The third-order valence-electron chi connectivity index (χ3n) is 4.46. The van der Waals surface area contributed by atoms with Crippen LogP contribution in [0.1, 0.15) is 47.5 Å². The average Bonchev–Trinajstić information content (AvgIpc) is 3.10. The number of amides is 1. The summed E-state index contributed by atoms with van der Waals surface area (Å²) in [5.41, 5.74) is 0.545. The number of carbonyl (C=O) groups is 2. The number of ether oxygens (including phenoxy) is 1. The molecule has 0 saturated carbocycles. The molecule has 1 aromatic heterocycles. The third-order valence-corrected chi connectivity index (χ3v) is 4.46. The van der Waals surface area contributed by atoms with Crippen molar-refractivity contribution in [1.82, 2.24) is 19.9 Å². The van der Waals surface area contributed by atoms with Crippen molar-refractivity contribution in [2.24, 2.45) is 5.92 Å². The van der Waals surface area contributed by atoms with Crippen molar-refractivity contribution in [3.05, 3.63) is 41.7 Å². The summed E-state index contributed by atoms with van der Waals surface area (Å²) in [4.78, 5) is 25.7. The number of carboxylic acid groups (broad SMARTS) is 1. The minimum absolute atomic E-state index is 0.0151. The molecule has 1 unspecified atom stereocenters. The lowest BCUT2D eigenvalue weighted by atomic mass is 9.97. The highest BCUT2D eigenvalue weighted by atomic mass is 16.5. The first-order valence-electron chi connectivity index (χ1n) is 9.12. The molecule has 2 heterocycles. The molecule has 0 aliphatic carbocycles. The van der Waals surface area contributed by atoms with E-state index in [1.165, 1.54) is 6.20 Å². The fourth-order valence-corrected chi connectivity index (χ4v) is 3.31. The first-order valence-corrected chi connectivity index (χ1v) is 9.12. The molecular formula is C19H24N4O4. The Morgan fingerprint density at radius 3 is 2.89 bits per heavy atom. The van der Waals surface area contributed by atoms with Crippen LogP contribution in [0, 0.1) is 5.92 Å². The number of carbonyl (C=O) groups excluding carboxylic acids is 1. The largest absolute Gasteiger partial charge is 0.491 e. The molecule has 27 heavy (non-hydrogen) atoms. The van der Waals surface area contributed by atoms with Crippen molar-refractivity contribution < 1.29 is 19.4 Å². The van der Waals surface area contributed by atoms with Gasteiger partial charge >= 0.3 is 5.97 Å². The molecule has 0 spiro atoms. The lowest BCUT2D eigenvalue weighted by Crippen LogP contribution is -2.41. The van der Waals surface area contributed by atoms with Crippen molar-refractivity contribution in [2.45, 2.75) is 39.3 Å². The normalized spacial score (nSPS) is 17.1. The lowest BCUT2D eigenvalue weighted by Gasteiger charge is -2.32. The van der Waals surface area contributed by atoms with Crippen molar-refractivity contribution in [3.8, 4) is 5.75 Å². The number of aromatic carboxylic acids is 1. The molecule has 144 valence electrons. The standard InChI is InChI=1S/C19H24N4O4/c1-13(2)27-16-7-3-6-15(9-16)18(24)22-8-4-5-14(10-22)11-23-12-17(19(25)26)20-21-23/h3,6-7,9,12-14H,4-5,8,10-11H2,1-2H3,(H,25,26). The number of likely N-dealkylation sites (tertiary alicyclic amines) is 1. The Morgan fingerprint density at radius 1 is 1.37 bits per heavy atom. The number of carboxylic acids is 1. The molecule has 1 aliphatic heterocycles. The molecule has 1 atom stereocenters. The molecule has 0 bridgehead atoms. The van der Waals surface area contributed by atoms with Gasteiger partial charge in [-0.15, -0.1) is 5.10 Å². The molecule has 2 aromatic rings. The van der Waals surface area contributed by atoms with Crippen LogP contribution in [0.4, 0.5) is 0 Å². The first-order chi connectivity index (χ1) is 12.9. The van der Waals surface area contributed by atoms with Crippen LogP contribution in [0.25, 0.3) is 0 Å². The minimum Gasteiger partial charge on any atom is -0.491 e. The van der Waals surface area contributed by atoms with Crippen LogP contribution in [0.3, 0.4) is 0 Å². The van der Waals surface area contributed by atoms with Crippen LogP contribution in [-0.2, 0) is 6.54 Å². The zero-order valence-corrected chi connectivity index (χ0v) is 15.5. The molecule has 8 heteroatoms. The predicted molar refractivity (Wildman–Crippen MR) is 97.8 cm³/mol. The number of hydrogen-bond donors (Lipinski definition) is 1. The average molecular weight is 372 g/mol. The van der Waals surface area contributed by atoms with E-state index in [-0.39, 0.29) is 23.6 Å². The number of piperidine rings is 1. The van der Waals surface area contributed by atoms with Crippen LogP contribution in [0.2, 0.25) is 0 Å². The zero-order chi connectivity index (χ0) is 19.4. The monoisotopic (exact) mass is 372 g/mol. The summed E-state index contributed by atoms with van der Waals surface area (Å²) >= 11 is 0. The summed E-state index contributed by atoms with van der Waals surface area (Å²) in [6.45, 7) is 5.76. The van der Waals surface area contributed by atoms with Gasteiger partial charge in [-0.25, -0.2) is 4.79 Å². The van der Waals surface area contributed by atoms with Gasteiger partial charge in [0.05, 0.1) is 12.3 Å². The maximum Gasteiger partial charge on any atom is 0.358 e. The molecule has 1 fully saturated rings. The van der Waals surface area contributed by atoms with Gasteiger partial charge in [0.15, 0.2) is 5.69 Å². The van der Waals surface area contributed by atoms with Crippen molar-refractivity contribution in [1.29, 1.82) is 0 Å². The fourth-order valence-electron chi connectivity index (χ4n) is 3.31. The van der Waals surface area contributed by atoms with Crippen LogP contribution < -0.4 is 4.74 Å². The maximum atomic E-state index is 12.9. The van der Waals surface area contributed by atoms with E-state index in [1.54, 1.807) is 16.8 Å². The first kappa shape index (κ1) is 18.9. The molecular weight excluding hydrogens is 348 g/mol. The van der Waals surface area contributed by atoms with Crippen LogP contribution in [0.5, 0.6) is 5.75 Å². The Bertz CT molecular complexity index is 818. The lowest BCUT2D eigenvalue weighted by molar-refractivity contribution is 0.0657. The van der Waals surface area contributed by atoms with Gasteiger partial charge in [0.1, 0.15) is 5.75 Å². The third kappa shape index (κ3) is 4.84. The number of benzene rings is 1. The highest BCUT2D eigenvalue weighted by molar-refractivity contribution is 5.94. The van der Waals surface area contributed by atoms with Crippen molar-refractivity contribution >= 4 is 11.9 Å². The van der Waals surface area contributed by atoms with Gasteiger partial charge in [-0.3, -0.25) is 9.48 Å². The molecule has 3 rings (SSSR count). The second-order valence-corrected chi connectivity index (χ2v) is 7.08. The molecule has 1 amide bonds. The van der Waals surface area contributed by atoms with Gasteiger partial charge in [-0.1, -0.05) is 11.3 Å². The van der Waals surface area contributed by atoms with Gasteiger partial charge in [-0.05, 0) is 50.8 Å². The summed E-state index contributed by atoms with van der Waals surface area (Å²) in [6.07, 6.45) is 3.34. The van der Waals surface area contributed by atoms with Gasteiger partial charge in [0, 0.05) is 25.2 Å². The Hall–Kier alpha value is -2.90. The molecule has 1 saturated heterocycles. The van der Waals surface area contributed by atoms with Gasteiger partial charge in [-0.2, -0.15) is 0 Å². The van der Waals surface area contributed by atoms with E-state index < -0.39 is 5.97 Å². The highest BCUT2D eigenvalue weighted by Gasteiger charge is 2.25. The Morgan fingerprint density at radius 2 is 2.19 bits per heavy atom. The second kappa shape index (κ2) is 8.20. The smallest absolute Gasteiger partial charge is 0.358 e. The summed E-state index contributed by atoms with van der Waals surface area (Å²) < 4.78 is 7.22. The van der Waals surface area contributed by atoms with Gasteiger partial charge < -0.3 is 14.7 Å². The quantitative estimate of drug-likeness (QED) is 0.836. The molecule has 1 aliphatic rings. The number of rotatable bonds is 6. The summed E-state index contributed by atoms with van der Waals surface area (Å²) in [5, 5.41) is 16.4. The molecule has 8 nitrogen and oxygen atoms in total. The number of nitrogens with zero attached hydrogens (tertiary/aromatic N) is 4. The van der Waals surface area contributed by atoms with E-state index in [0.717, 1.165) is 12.8 Å². The maximum absolute atomic E-state index is 12.9. The van der Waals surface area contributed by atoms with E-state index >= 15 is 0 Å². The van der Waals surface area contributed by atoms with E-state index in [4.69, 9.17) is 9.84 Å². The van der Waals surface area contributed by atoms with Gasteiger partial charge in [0.2, 0.25) is 0 Å². The number of hydrogen-bond acceptors (Lipinski definition) is 5. The highest BCUT2D eigenvalue weighted by Crippen LogP contribution is 2.22. The Balaban J connectivity index is 1.64. The zero-order valence-electron chi connectivity index (χ0n) is 15.5. The summed E-state index contributed by atoms with van der Waals surface area (Å²) in [7, 11) is 0. The van der Waals surface area contributed by atoms with E-state index in [9.17, 15) is 9.59 Å². The molecule has 1 aromatic carbocycles. The SMILES string of the molecule is CC(C)Oc1cccc(C(=O)N2CCCC(Cn3cc(C(=O)O)nn3)C2)c1.